The highest BCUT2D eigenvalue weighted by atomic mass is 35.5. The molecule has 3 heterocycles. The van der Waals surface area contributed by atoms with Crippen LogP contribution in [0.4, 0.5) is 4.39 Å². The van der Waals surface area contributed by atoms with Gasteiger partial charge in [0.25, 0.3) is 5.91 Å². The third-order valence-electron chi connectivity index (χ3n) is 6.66. The zero-order valence-corrected chi connectivity index (χ0v) is 21.5. The minimum atomic E-state index is -0.530. The number of nitrogens with zero attached hydrogens (tertiary/aromatic N) is 3. The number of benzene rings is 1. The lowest BCUT2D eigenvalue weighted by Gasteiger charge is -2.38. The third kappa shape index (κ3) is 6.23. The molecule has 0 bridgehead atoms. The van der Waals surface area contributed by atoms with Crippen LogP contribution >= 0.6 is 11.6 Å². The zero-order valence-electron chi connectivity index (χ0n) is 20.8. The van der Waals surface area contributed by atoms with Gasteiger partial charge in [-0.15, -0.1) is 0 Å². The Morgan fingerprint density at radius 2 is 2.03 bits per heavy atom. The Labute approximate surface area is 215 Å². The molecule has 2 aliphatic heterocycles. The zero-order chi connectivity index (χ0) is 25.7. The second-order valence-corrected chi connectivity index (χ2v) is 9.41. The molecule has 1 N–H and O–H groups in total. The lowest BCUT2D eigenvalue weighted by atomic mass is 9.99. The number of piperidine rings is 1. The van der Waals surface area contributed by atoms with Crippen molar-refractivity contribution in [2.45, 2.75) is 51.0 Å². The fourth-order valence-corrected chi connectivity index (χ4v) is 4.65. The van der Waals surface area contributed by atoms with Gasteiger partial charge < -0.3 is 29.2 Å². The Morgan fingerprint density at radius 3 is 2.72 bits per heavy atom. The van der Waals surface area contributed by atoms with Gasteiger partial charge in [-0.25, -0.2) is 4.39 Å². The fraction of sp³-hybridized carbons (Fsp3) is 0.560. The summed E-state index contributed by atoms with van der Waals surface area (Å²) < 4.78 is 35.9. The molecule has 1 amide bonds. The molecule has 0 spiro atoms. The fourth-order valence-electron chi connectivity index (χ4n) is 4.53. The summed E-state index contributed by atoms with van der Waals surface area (Å²) in [6, 6.07) is 5.01. The number of amides is 1. The molecule has 196 valence electrons. The summed E-state index contributed by atoms with van der Waals surface area (Å²) in [4.78, 5) is 23.8. The van der Waals surface area contributed by atoms with Gasteiger partial charge in [0.2, 0.25) is 5.88 Å². The van der Waals surface area contributed by atoms with E-state index < -0.39 is 5.82 Å². The summed E-state index contributed by atoms with van der Waals surface area (Å²) in [6.45, 7) is 4.30. The molecule has 0 radical (unpaired) electrons. The van der Waals surface area contributed by atoms with Crippen molar-refractivity contribution in [3.8, 4) is 11.9 Å². The van der Waals surface area contributed by atoms with Gasteiger partial charge in [-0.1, -0.05) is 17.7 Å². The van der Waals surface area contributed by atoms with E-state index in [-0.39, 0.29) is 47.3 Å². The van der Waals surface area contributed by atoms with Gasteiger partial charge in [0.15, 0.2) is 0 Å². The number of rotatable bonds is 8. The van der Waals surface area contributed by atoms with Crippen LogP contribution in [0, 0.1) is 12.7 Å². The van der Waals surface area contributed by atoms with Crippen LogP contribution in [-0.2, 0) is 16.1 Å². The number of hydrogen-bond donors (Lipinski definition) is 1. The third-order valence-corrected chi connectivity index (χ3v) is 6.97. The van der Waals surface area contributed by atoms with Crippen LogP contribution in [0.5, 0.6) is 11.9 Å². The number of carbonyl (C=O) groups is 1. The van der Waals surface area contributed by atoms with E-state index in [0.29, 0.717) is 36.9 Å². The molecule has 0 aliphatic carbocycles. The number of ether oxygens (including phenoxy) is 4. The number of aromatic nitrogens is 2. The second-order valence-electron chi connectivity index (χ2n) is 9.00. The SMILES string of the molecule is COc1nc(OCc2ccc(Cl)c(F)c2)c(C)c(C(=O)N2CCC(N[C@H]3CCOC[C@H]3OC)CC2)n1. The summed E-state index contributed by atoms with van der Waals surface area (Å²) in [7, 11) is 3.14. The van der Waals surface area contributed by atoms with Crippen molar-refractivity contribution in [1.29, 1.82) is 0 Å². The average molecular weight is 523 g/mol. The Hall–Kier alpha value is -2.53. The molecular formula is C25H32ClFN4O5. The van der Waals surface area contributed by atoms with Gasteiger partial charge in [-0.2, -0.15) is 9.97 Å². The highest BCUT2D eigenvalue weighted by molar-refractivity contribution is 6.30. The molecule has 2 fully saturated rings. The van der Waals surface area contributed by atoms with E-state index in [2.05, 4.69) is 15.3 Å². The van der Waals surface area contributed by atoms with Gasteiger partial charge in [-0.05, 0) is 43.9 Å². The van der Waals surface area contributed by atoms with Crippen molar-refractivity contribution < 1.29 is 28.1 Å². The smallest absolute Gasteiger partial charge is 0.320 e. The monoisotopic (exact) mass is 522 g/mol. The molecule has 2 aliphatic rings. The molecule has 0 saturated carbocycles. The molecule has 2 saturated heterocycles. The summed E-state index contributed by atoms with van der Waals surface area (Å²) in [5.41, 5.74) is 1.31. The minimum absolute atomic E-state index is 0.0305. The van der Waals surface area contributed by atoms with Crippen LogP contribution in [0.1, 0.15) is 40.9 Å². The van der Waals surface area contributed by atoms with Crippen molar-refractivity contribution >= 4 is 17.5 Å². The number of methoxy groups -OCH3 is 2. The van der Waals surface area contributed by atoms with E-state index in [1.165, 1.54) is 19.2 Å². The van der Waals surface area contributed by atoms with Gasteiger partial charge in [0, 0.05) is 44.5 Å². The van der Waals surface area contributed by atoms with Crippen molar-refractivity contribution in [2.24, 2.45) is 0 Å². The molecular weight excluding hydrogens is 491 g/mol. The first-order valence-corrected chi connectivity index (χ1v) is 12.4. The van der Waals surface area contributed by atoms with Crippen molar-refractivity contribution in [3.05, 3.63) is 45.9 Å². The van der Waals surface area contributed by atoms with Gasteiger partial charge in [0.05, 0.1) is 24.8 Å². The van der Waals surface area contributed by atoms with Crippen LogP contribution in [0.25, 0.3) is 0 Å². The first-order chi connectivity index (χ1) is 17.4. The Balaban J connectivity index is 1.40. The van der Waals surface area contributed by atoms with E-state index in [0.717, 1.165) is 25.9 Å². The number of hydrogen-bond acceptors (Lipinski definition) is 8. The van der Waals surface area contributed by atoms with Gasteiger partial charge in [-0.3, -0.25) is 4.79 Å². The summed E-state index contributed by atoms with van der Waals surface area (Å²) >= 11 is 5.75. The maximum absolute atomic E-state index is 13.8. The maximum atomic E-state index is 13.8. The minimum Gasteiger partial charge on any atom is -0.472 e. The Bertz CT molecular complexity index is 1070. The van der Waals surface area contributed by atoms with Crippen molar-refractivity contribution in [1.82, 2.24) is 20.2 Å². The molecule has 9 nitrogen and oxygen atoms in total. The first kappa shape index (κ1) is 26.5. The summed E-state index contributed by atoms with van der Waals surface area (Å²) in [5, 5.41) is 3.73. The molecule has 1 aromatic carbocycles. The lowest BCUT2D eigenvalue weighted by molar-refractivity contribution is -0.0533. The molecule has 0 unspecified atom stereocenters. The van der Waals surface area contributed by atoms with E-state index in [9.17, 15) is 9.18 Å². The molecule has 2 atom stereocenters. The normalized spacial score (nSPS) is 20.9. The average Bonchev–Trinajstić information content (AvgIpc) is 2.90. The van der Waals surface area contributed by atoms with Crippen LogP contribution in [-0.4, -0.2) is 79.5 Å². The second kappa shape index (κ2) is 12.1. The predicted molar refractivity (Wildman–Crippen MR) is 131 cm³/mol. The van der Waals surface area contributed by atoms with Crippen LogP contribution in [0.2, 0.25) is 5.02 Å². The van der Waals surface area contributed by atoms with Crippen LogP contribution < -0.4 is 14.8 Å². The predicted octanol–water partition coefficient (Wildman–Crippen LogP) is 3.16. The molecule has 2 aromatic rings. The van der Waals surface area contributed by atoms with Crippen LogP contribution in [0.3, 0.4) is 0 Å². The standard InChI is InChI=1S/C25H32ClFN4O5/c1-15-22(29-25(34-3)30-23(15)36-13-16-4-5-18(26)19(27)12-16)24(32)31-9-6-17(7-10-31)28-20-8-11-35-14-21(20)33-2/h4-5,12,17,20-21,28H,6-11,13-14H2,1-3H3/t20-,21+/m0/s1. The van der Waals surface area contributed by atoms with Gasteiger partial charge in [0.1, 0.15) is 18.1 Å². The quantitative estimate of drug-likeness (QED) is 0.565. The number of carbonyl (C=O) groups excluding carboxylic acids is 1. The van der Waals surface area contributed by atoms with E-state index in [4.69, 9.17) is 30.5 Å². The summed E-state index contributed by atoms with van der Waals surface area (Å²) in [6.07, 6.45) is 2.60. The van der Waals surface area contributed by atoms with Crippen molar-refractivity contribution in [2.75, 3.05) is 40.5 Å². The first-order valence-electron chi connectivity index (χ1n) is 12.0. The van der Waals surface area contributed by atoms with E-state index in [1.54, 1.807) is 25.0 Å². The largest absolute Gasteiger partial charge is 0.472 e. The molecule has 36 heavy (non-hydrogen) atoms. The molecule has 1 aromatic heterocycles. The Kier molecular flexibility index (Phi) is 8.95. The van der Waals surface area contributed by atoms with Crippen LogP contribution in [0.15, 0.2) is 18.2 Å². The maximum Gasteiger partial charge on any atom is 0.320 e. The van der Waals surface area contributed by atoms with E-state index in [1.807, 2.05) is 0 Å². The summed E-state index contributed by atoms with van der Waals surface area (Å²) in [5.74, 6) is -0.518. The van der Waals surface area contributed by atoms with Crippen molar-refractivity contribution in [3.63, 3.8) is 0 Å². The lowest BCUT2D eigenvalue weighted by Crippen LogP contribution is -2.54. The number of halogens is 2. The van der Waals surface area contributed by atoms with E-state index >= 15 is 0 Å². The highest BCUT2D eigenvalue weighted by Gasteiger charge is 2.31. The molecule has 4 rings (SSSR count). The Morgan fingerprint density at radius 1 is 1.25 bits per heavy atom. The number of nitrogens with one attached hydrogen (secondary N) is 1. The van der Waals surface area contributed by atoms with Gasteiger partial charge >= 0.3 is 6.01 Å². The highest BCUT2D eigenvalue weighted by Crippen LogP contribution is 2.25. The number of likely N-dealkylation sites (tertiary alicyclic amines) is 1. The topological polar surface area (TPSA) is 95.0 Å². The molecule has 11 heteroatoms.